The third-order valence-corrected chi connectivity index (χ3v) is 1.98. The first-order valence-electron chi connectivity index (χ1n) is 3.23. The molecule has 0 radical (unpaired) electrons. The highest BCUT2D eigenvalue weighted by Crippen LogP contribution is 2.23. The average molecular weight is 237 g/mol. The Bertz CT molecular complexity index is 278. The molecule has 0 aromatic carbocycles. The fourth-order valence-electron chi connectivity index (χ4n) is 0.843. The quantitative estimate of drug-likeness (QED) is 0.802. The van der Waals surface area contributed by atoms with Gasteiger partial charge in [0.2, 0.25) is 0 Å². The van der Waals surface area contributed by atoms with Crippen molar-refractivity contribution in [3.63, 3.8) is 0 Å². The van der Waals surface area contributed by atoms with Crippen molar-refractivity contribution in [3.8, 4) is 0 Å². The number of rotatable bonds is 2. The van der Waals surface area contributed by atoms with Crippen LogP contribution in [0.1, 0.15) is 17.7 Å². The minimum Gasteiger partial charge on any atom is -0.397 e. The van der Waals surface area contributed by atoms with Crippen LogP contribution in [0.2, 0.25) is 0 Å². The van der Waals surface area contributed by atoms with E-state index in [0.717, 1.165) is 0 Å². The van der Waals surface area contributed by atoms with Crippen molar-refractivity contribution >= 4 is 21.6 Å². The molecule has 0 fully saturated rings. The van der Waals surface area contributed by atoms with Gasteiger partial charge in [0, 0.05) is 5.33 Å². The van der Waals surface area contributed by atoms with E-state index in [-0.39, 0.29) is 5.69 Å². The summed E-state index contributed by atoms with van der Waals surface area (Å²) < 4.78 is 24.4. The molecule has 0 atom stereocenters. The standard InChI is InChI=1S/C7H7BrF2N2/c8-2-4-1-5(11)3-12-6(4)7(9)10/h1,3,7H,2,11H2. The van der Waals surface area contributed by atoms with Crippen LogP contribution in [0.25, 0.3) is 0 Å². The molecule has 0 spiro atoms. The number of halogens is 3. The van der Waals surface area contributed by atoms with Crippen molar-refractivity contribution in [2.75, 3.05) is 5.73 Å². The predicted octanol–water partition coefficient (Wildman–Crippen LogP) is 2.50. The Morgan fingerprint density at radius 3 is 2.75 bits per heavy atom. The van der Waals surface area contributed by atoms with Crippen LogP contribution in [-0.4, -0.2) is 4.98 Å². The van der Waals surface area contributed by atoms with E-state index < -0.39 is 6.43 Å². The van der Waals surface area contributed by atoms with Crippen molar-refractivity contribution < 1.29 is 8.78 Å². The fourth-order valence-corrected chi connectivity index (χ4v) is 1.29. The van der Waals surface area contributed by atoms with Crippen molar-refractivity contribution in [3.05, 3.63) is 23.5 Å². The summed E-state index contributed by atoms with van der Waals surface area (Å²) in [4.78, 5) is 3.54. The number of nitrogens with zero attached hydrogens (tertiary/aromatic N) is 1. The summed E-state index contributed by atoms with van der Waals surface area (Å²) in [6, 6.07) is 1.49. The van der Waals surface area contributed by atoms with Gasteiger partial charge in [-0.2, -0.15) is 0 Å². The number of nitrogens with two attached hydrogens (primary N) is 1. The summed E-state index contributed by atoms with van der Waals surface area (Å²) >= 11 is 3.08. The van der Waals surface area contributed by atoms with E-state index in [0.29, 0.717) is 16.6 Å². The maximum Gasteiger partial charge on any atom is 0.280 e. The van der Waals surface area contributed by atoms with Crippen LogP contribution in [0.3, 0.4) is 0 Å². The molecule has 0 saturated heterocycles. The molecule has 66 valence electrons. The van der Waals surface area contributed by atoms with Gasteiger partial charge in [-0.1, -0.05) is 15.9 Å². The van der Waals surface area contributed by atoms with E-state index in [2.05, 4.69) is 20.9 Å². The predicted molar refractivity (Wildman–Crippen MR) is 46.2 cm³/mol. The van der Waals surface area contributed by atoms with Gasteiger partial charge in [-0.25, -0.2) is 8.78 Å². The Morgan fingerprint density at radius 2 is 2.25 bits per heavy atom. The van der Waals surface area contributed by atoms with Crippen molar-refractivity contribution in [1.82, 2.24) is 4.98 Å². The molecule has 12 heavy (non-hydrogen) atoms. The van der Waals surface area contributed by atoms with E-state index in [1.807, 2.05) is 0 Å². The topological polar surface area (TPSA) is 38.9 Å². The van der Waals surface area contributed by atoms with Crippen LogP contribution >= 0.6 is 15.9 Å². The summed E-state index contributed by atoms with van der Waals surface area (Å²) in [5.74, 6) is 0. The van der Waals surface area contributed by atoms with Crippen LogP contribution in [-0.2, 0) is 5.33 Å². The molecule has 2 nitrogen and oxygen atoms in total. The Hall–Kier alpha value is -0.710. The Kier molecular flexibility index (Phi) is 2.97. The number of pyridine rings is 1. The zero-order valence-corrected chi connectivity index (χ0v) is 7.68. The molecule has 0 aliphatic rings. The van der Waals surface area contributed by atoms with Crippen LogP contribution in [0.4, 0.5) is 14.5 Å². The number of aromatic nitrogens is 1. The minimum absolute atomic E-state index is 0.207. The highest BCUT2D eigenvalue weighted by atomic mass is 79.9. The minimum atomic E-state index is -2.54. The average Bonchev–Trinajstić information content (AvgIpc) is 2.03. The van der Waals surface area contributed by atoms with Gasteiger partial charge in [0.05, 0.1) is 11.9 Å². The van der Waals surface area contributed by atoms with Crippen molar-refractivity contribution in [2.45, 2.75) is 11.8 Å². The molecule has 1 aromatic heterocycles. The van der Waals surface area contributed by atoms with Gasteiger partial charge in [-0.3, -0.25) is 4.98 Å². The Morgan fingerprint density at radius 1 is 1.58 bits per heavy atom. The van der Waals surface area contributed by atoms with Gasteiger partial charge in [0.1, 0.15) is 5.69 Å². The maximum atomic E-state index is 12.2. The second-order valence-corrected chi connectivity index (χ2v) is 2.81. The van der Waals surface area contributed by atoms with E-state index in [9.17, 15) is 8.78 Å². The number of alkyl halides is 3. The zero-order chi connectivity index (χ0) is 9.14. The number of nitrogen functional groups attached to an aromatic ring is 1. The maximum absolute atomic E-state index is 12.2. The third-order valence-electron chi connectivity index (χ3n) is 1.37. The lowest BCUT2D eigenvalue weighted by Crippen LogP contribution is -1.98. The molecular formula is C7H7BrF2N2. The molecule has 0 unspecified atom stereocenters. The smallest absolute Gasteiger partial charge is 0.280 e. The molecule has 1 heterocycles. The molecule has 0 amide bonds. The van der Waals surface area contributed by atoms with Gasteiger partial charge in [-0.05, 0) is 11.6 Å². The van der Waals surface area contributed by atoms with Crippen LogP contribution in [0.5, 0.6) is 0 Å². The number of hydrogen-bond donors (Lipinski definition) is 1. The molecule has 0 aliphatic carbocycles. The third kappa shape index (κ3) is 1.91. The summed E-state index contributed by atoms with van der Waals surface area (Å²) in [7, 11) is 0. The fraction of sp³-hybridized carbons (Fsp3) is 0.286. The van der Waals surface area contributed by atoms with Gasteiger partial charge in [0.25, 0.3) is 6.43 Å². The summed E-state index contributed by atoms with van der Waals surface area (Å²) in [5.41, 5.74) is 6.00. The van der Waals surface area contributed by atoms with Crippen LogP contribution in [0, 0.1) is 0 Å². The van der Waals surface area contributed by atoms with E-state index in [1.165, 1.54) is 12.3 Å². The molecule has 0 saturated carbocycles. The van der Waals surface area contributed by atoms with Crippen LogP contribution in [0.15, 0.2) is 12.3 Å². The highest BCUT2D eigenvalue weighted by Gasteiger charge is 2.13. The van der Waals surface area contributed by atoms with Gasteiger partial charge in [0.15, 0.2) is 0 Å². The molecule has 0 bridgehead atoms. The SMILES string of the molecule is Nc1cnc(C(F)F)c(CBr)c1. The first-order valence-corrected chi connectivity index (χ1v) is 4.35. The van der Waals surface area contributed by atoms with Crippen molar-refractivity contribution in [1.29, 1.82) is 0 Å². The highest BCUT2D eigenvalue weighted by molar-refractivity contribution is 9.08. The number of anilines is 1. The molecule has 1 aromatic rings. The zero-order valence-electron chi connectivity index (χ0n) is 6.10. The molecule has 1 rings (SSSR count). The molecule has 0 aliphatic heterocycles. The van der Waals surface area contributed by atoms with Gasteiger partial charge in [-0.15, -0.1) is 0 Å². The number of hydrogen-bond acceptors (Lipinski definition) is 2. The summed E-state index contributed by atoms with van der Waals surface area (Å²) in [5, 5.41) is 0.338. The normalized spacial score (nSPS) is 10.7. The Labute approximate surface area is 76.9 Å². The first kappa shape index (κ1) is 9.38. The van der Waals surface area contributed by atoms with E-state index >= 15 is 0 Å². The summed E-state index contributed by atoms with van der Waals surface area (Å²) in [6.07, 6.45) is -1.31. The van der Waals surface area contributed by atoms with Crippen molar-refractivity contribution in [2.24, 2.45) is 0 Å². The van der Waals surface area contributed by atoms with Gasteiger partial charge < -0.3 is 5.73 Å². The second-order valence-electron chi connectivity index (χ2n) is 2.25. The van der Waals surface area contributed by atoms with Gasteiger partial charge >= 0.3 is 0 Å². The molecular weight excluding hydrogens is 230 g/mol. The van der Waals surface area contributed by atoms with E-state index in [1.54, 1.807) is 0 Å². The lowest BCUT2D eigenvalue weighted by Gasteiger charge is -2.04. The monoisotopic (exact) mass is 236 g/mol. The lowest BCUT2D eigenvalue weighted by atomic mass is 10.2. The summed E-state index contributed by atoms with van der Waals surface area (Å²) in [6.45, 7) is 0. The first-order chi connectivity index (χ1) is 5.65. The van der Waals surface area contributed by atoms with E-state index in [4.69, 9.17) is 5.73 Å². The molecule has 2 N–H and O–H groups in total. The molecule has 5 heteroatoms. The van der Waals surface area contributed by atoms with Crippen LogP contribution < -0.4 is 5.73 Å². The largest absolute Gasteiger partial charge is 0.397 e. The lowest BCUT2D eigenvalue weighted by molar-refractivity contribution is 0.145. The Balaban J connectivity index is 3.11. The second kappa shape index (κ2) is 3.80.